The van der Waals surface area contributed by atoms with Crippen LogP contribution in [0.5, 0.6) is 0 Å². The first-order chi connectivity index (χ1) is 13.4. The van der Waals surface area contributed by atoms with Crippen LogP contribution in [-0.4, -0.2) is 13.1 Å². The summed E-state index contributed by atoms with van der Waals surface area (Å²) in [7, 11) is 0. The van der Waals surface area contributed by atoms with Gasteiger partial charge in [0.25, 0.3) is 6.47 Å². The Bertz CT molecular complexity index is 746. The van der Waals surface area contributed by atoms with E-state index in [-0.39, 0.29) is 0 Å². The molecule has 2 aromatic carbocycles. The summed E-state index contributed by atoms with van der Waals surface area (Å²) in [6, 6.07) is 17.7. The predicted molar refractivity (Wildman–Crippen MR) is 112 cm³/mol. The molecule has 0 heterocycles. The van der Waals surface area contributed by atoms with Crippen molar-refractivity contribution in [1.29, 1.82) is 0 Å². The van der Waals surface area contributed by atoms with E-state index in [9.17, 15) is 4.79 Å². The van der Waals surface area contributed by atoms with E-state index in [0.29, 0.717) is 13.1 Å². The van der Waals surface area contributed by atoms with Gasteiger partial charge in [-0.05, 0) is 72.8 Å². The Kier molecular flexibility index (Phi) is 7.70. The first kappa shape index (κ1) is 19.4. The lowest BCUT2D eigenvalue weighted by atomic mass is 9.87. The number of hydrogen-bond acceptors (Lipinski definition) is 2. The Morgan fingerprint density at radius 2 is 1.67 bits per heavy atom. The van der Waals surface area contributed by atoms with Gasteiger partial charge in [0, 0.05) is 0 Å². The molecule has 0 unspecified atom stereocenters. The summed E-state index contributed by atoms with van der Waals surface area (Å²) < 4.78 is 4.76. The molecule has 0 saturated heterocycles. The number of unbranched alkanes of at least 4 members (excludes halogenated alkanes) is 3. The second kappa shape index (κ2) is 10.7. The van der Waals surface area contributed by atoms with Crippen LogP contribution in [-0.2, 0) is 22.4 Å². The standard InChI is InChI=1S/C25H30O2/c26-20-27-18-9-2-1-4-13-22-16-10-17-23-14-7-8-15-24(19-25(22)23)21-11-5-3-6-12-21/h3,5-6,10-12,16-17,19-20H,1-2,4,7-9,13-15,18H2/b24-19+. The first-order valence-corrected chi connectivity index (χ1v) is 10.3. The average molecular weight is 363 g/mol. The normalized spacial score (nSPS) is 15.8. The van der Waals surface area contributed by atoms with E-state index in [1.54, 1.807) is 0 Å². The Morgan fingerprint density at radius 3 is 2.52 bits per heavy atom. The van der Waals surface area contributed by atoms with E-state index in [1.807, 2.05) is 0 Å². The first-order valence-electron chi connectivity index (χ1n) is 10.3. The Balaban J connectivity index is 1.72. The van der Waals surface area contributed by atoms with Crippen LogP contribution in [0.1, 0.15) is 67.2 Å². The van der Waals surface area contributed by atoms with Gasteiger partial charge in [0.2, 0.25) is 0 Å². The molecule has 0 bridgehead atoms. The zero-order chi connectivity index (χ0) is 18.7. The number of aryl methyl sites for hydroxylation is 2. The number of carbonyl (C=O) groups excluding carboxylic acids is 1. The predicted octanol–water partition coefficient (Wildman–Crippen LogP) is 6.23. The maximum atomic E-state index is 10.2. The highest BCUT2D eigenvalue weighted by Crippen LogP contribution is 2.31. The molecule has 0 aromatic heterocycles. The minimum atomic E-state index is 0.540. The fourth-order valence-corrected chi connectivity index (χ4v) is 3.95. The zero-order valence-electron chi connectivity index (χ0n) is 16.2. The van der Waals surface area contributed by atoms with Crippen LogP contribution in [0, 0.1) is 0 Å². The van der Waals surface area contributed by atoms with Gasteiger partial charge in [0.05, 0.1) is 6.61 Å². The third-order valence-electron chi connectivity index (χ3n) is 5.42. The topological polar surface area (TPSA) is 26.3 Å². The van der Waals surface area contributed by atoms with Gasteiger partial charge in [-0.15, -0.1) is 0 Å². The van der Waals surface area contributed by atoms with Gasteiger partial charge >= 0.3 is 0 Å². The number of hydrogen-bond donors (Lipinski definition) is 0. The highest BCUT2D eigenvalue weighted by Gasteiger charge is 2.12. The van der Waals surface area contributed by atoms with Crippen molar-refractivity contribution in [3.63, 3.8) is 0 Å². The quantitative estimate of drug-likeness (QED) is 0.390. The fraction of sp³-hybridized carbons (Fsp3) is 0.400. The lowest BCUT2D eigenvalue weighted by Crippen LogP contribution is -2.01. The van der Waals surface area contributed by atoms with Gasteiger partial charge < -0.3 is 4.74 Å². The van der Waals surface area contributed by atoms with Gasteiger partial charge in [-0.2, -0.15) is 0 Å². The Labute approximate surface area is 163 Å². The molecule has 0 atom stereocenters. The van der Waals surface area contributed by atoms with Crippen molar-refractivity contribution < 1.29 is 9.53 Å². The smallest absolute Gasteiger partial charge is 0.293 e. The summed E-state index contributed by atoms with van der Waals surface area (Å²) in [5.74, 6) is 0. The second-order valence-corrected chi connectivity index (χ2v) is 7.36. The van der Waals surface area contributed by atoms with Crippen molar-refractivity contribution in [3.05, 3.63) is 70.8 Å². The van der Waals surface area contributed by atoms with Crippen molar-refractivity contribution >= 4 is 18.1 Å². The molecule has 0 amide bonds. The number of rotatable bonds is 9. The summed E-state index contributed by atoms with van der Waals surface area (Å²) in [6.45, 7) is 1.09. The fourth-order valence-electron chi connectivity index (χ4n) is 3.95. The summed E-state index contributed by atoms with van der Waals surface area (Å²) in [4.78, 5) is 10.2. The van der Waals surface area contributed by atoms with Crippen LogP contribution in [0.15, 0.2) is 48.5 Å². The van der Waals surface area contributed by atoms with E-state index < -0.39 is 0 Å². The number of fused-ring (bicyclic) bond motifs is 1. The molecule has 27 heavy (non-hydrogen) atoms. The van der Waals surface area contributed by atoms with Gasteiger partial charge in [-0.1, -0.05) is 67.4 Å². The Hall–Kier alpha value is -2.35. The third-order valence-corrected chi connectivity index (χ3v) is 5.42. The van der Waals surface area contributed by atoms with E-state index in [1.165, 1.54) is 59.9 Å². The molecule has 0 spiro atoms. The van der Waals surface area contributed by atoms with Crippen molar-refractivity contribution in [3.8, 4) is 0 Å². The van der Waals surface area contributed by atoms with E-state index in [4.69, 9.17) is 4.74 Å². The molecule has 142 valence electrons. The van der Waals surface area contributed by atoms with Crippen LogP contribution in [0.3, 0.4) is 0 Å². The molecule has 1 aliphatic carbocycles. The molecule has 0 saturated carbocycles. The highest BCUT2D eigenvalue weighted by atomic mass is 16.5. The Morgan fingerprint density at radius 1 is 0.852 bits per heavy atom. The zero-order valence-corrected chi connectivity index (χ0v) is 16.2. The SMILES string of the molecule is O=COCCCCCCc1cccc2c1/C=C(/c1ccccc1)CCCC2. The van der Waals surface area contributed by atoms with E-state index in [2.05, 4.69) is 54.6 Å². The number of carbonyl (C=O) groups is 1. The molecule has 0 aliphatic heterocycles. The number of ether oxygens (including phenoxy) is 1. The monoisotopic (exact) mass is 362 g/mol. The molecule has 2 aromatic rings. The van der Waals surface area contributed by atoms with E-state index >= 15 is 0 Å². The summed E-state index contributed by atoms with van der Waals surface area (Å²) >= 11 is 0. The summed E-state index contributed by atoms with van der Waals surface area (Å²) in [5, 5.41) is 0. The minimum Gasteiger partial charge on any atom is -0.468 e. The van der Waals surface area contributed by atoms with Crippen LogP contribution >= 0.6 is 0 Å². The van der Waals surface area contributed by atoms with Crippen LogP contribution in [0.25, 0.3) is 11.6 Å². The van der Waals surface area contributed by atoms with Gasteiger partial charge in [0.15, 0.2) is 0 Å². The molecule has 2 nitrogen and oxygen atoms in total. The molecule has 2 heteroatoms. The second-order valence-electron chi connectivity index (χ2n) is 7.36. The van der Waals surface area contributed by atoms with Crippen molar-refractivity contribution in [2.24, 2.45) is 0 Å². The maximum Gasteiger partial charge on any atom is 0.293 e. The van der Waals surface area contributed by atoms with Crippen molar-refractivity contribution in [2.75, 3.05) is 6.61 Å². The molecule has 0 fully saturated rings. The van der Waals surface area contributed by atoms with Gasteiger partial charge in [0.1, 0.15) is 0 Å². The average Bonchev–Trinajstić information content (AvgIpc) is 2.69. The lowest BCUT2D eigenvalue weighted by molar-refractivity contribution is -0.128. The largest absolute Gasteiger partial charge is 0.468 e. The molecular weight excluding hydrogens is 332 g/mol. The van der Waals surface area contributed by atoms with Gasteiger partial charge in [-0.25, -0.2) is 0 Å². The van der Waals surface area contributed by atoms with Crippen LogP contribution in [0.2, 0.25) is 0 Å². The molecule has 0 N–H and O–H groups in total. The molecule has 0 radical (unpaired) electrons. The third kappa shape index (κ3) is 5.82. The lowest BCUT2D eigenvalue weighted by Gasteiger charge is -2.18. The summed E-state index contributed by atoms with van der Waals surface area (Å²) in [5.41, 5.74) is 7.26. The molecule has 3 rings (SSSR count). The summed E-state index contributed by atoms with van der Waals surface area (Å²) in [6.07, 6.45) is 12.9. The van der Waals surface area contributed by atoms with Crippen molar-refractivity contribution in [1.82, 2.24) is 0 Å². The number of allylic oxidation sites excluding steroid dienone is 1. The maximum absolute atomic E-state index is 10.2. The molecular formula is C25H30O2. The van der Waals surface area contributed by atoms with Crippen LogP contribution < -0.4 is 0 Å². The van der Waals surface area contributed by atoms with Gasteiger partial charge in [-0.3, -0.25) is 4.79 Å². The molecule has 1 aliphatic rings. The number of benzene rings is 2. The minimum absolute atomic E-state index is 0.540. The van der Waals surface area contributed by atoms with Crippen LogP contribution in [0.4, 0.5) is 0 Å². The van der Waals surface area contributed by atoms with E-state index in [0.717, 1.165) is 25.7 Å². The highest BCUT2D eigenvalue weighted by molar-refractivity contribution is 5.83. The van der Waals surface area contributed by atoms with Crippen molar-refractivity contribution in [2.45, 2.75) is 57.8 Å².